The largest absolute Gasteiger partial charge is 0.507 e. The number of nitrogens with zero attached hydrogens (tertiary/aromatic N) is 3. The molecular formula is C32H31N3O4. The minimum absolute atomic E-state index is 0.0971. The quantitative estimate of drug-likeness (QED) is 0.176. The standard InChI is InChI=1S/C32H31N3O4/c1-22-7-9-25(10-8-22)29-28(31(37)32(38)35(29)17-4-16-34-18-15-33-21-34)30(36)26-11-13-27(14-12-26)39-20-24-6-3-5-23(2)19-24/h3,5-15,18-19,21,29,36H,4,16-17,20H2,1-2H3. The minimum atomic E-state index is -0.680. The van der Waals surface area contributed by atoms with Crippen LogP contribution in [0.25, 0.3) is 5.76 Å². The van der Waals surface area contributed by atoms with E-state index in [9.17, 15) is 14.7 Å². The summed E-state index contributed by atoms with van der Waals surface area (Å²) in [5.41, 5.74) is 4.62. The molecule has 7 nitrogen and oxygen atoms in total. The first-order valence-electron chi connectivity index (χ1n) is 13.0. The average molecular weight is 522 g/mol. The van der Waals surface area contributed by atoms with Crippen LogP contribution in [0.2, 0.25) is 0 Å². The Morgan fingerprint density at radius 1 is 0.949 bits per heavy atom. The van der Waals surface area contributed by atoms with Crippen LogP contribution in [0.3, 0.4) is 0 Å². The van der Waals surface area contributed by atoms with E-state index in [1.807, 2.05) is 67.1 Å². The zero-order chi connectivity index (χ0) is 27.4. The van der Waals surface area contributed by atoms with Crippen LogP contribution in [-0.4, -0.2) is 37.8 Å². The normalized spacial score (nSPS) is 16.6. The lowest BCUT2D eigenvalue weighted by molar-refractivity contribution is -0.139. The Kier molecular flexibility index (Phi) is 7.59. The maximum atomic E-state index is 13.3. The summed E-state index contributed by atoms with van der Waals surface area (Å²) < 4.78 is 7.84. The van der Waals surface area contributed by atoms with Gasteiger partial charge in [0.1, 0.15) is 18.1 Å². The van der Waals surface area contributed by atoms with E-state index < -0.39 is 17.7 Å². The molecule has 1 amide bonds. The van der Waals surface area contributed by atoms with Crippen LogP contribution < -0.4 is 4.74 Å². The molecule has 1 unspecified atom stereocenters. The molecule has 3 aromatic carbocycles. The van der Waals surface area contributed by atoms with Gasteiger partial charge in [-0.3, -0.25) is 9.59 Å². The number of aryl methyl sites for hydroxylation is 3. The highest BCUT2D eigenvalue weighted by Crippen LogP contribution is 2.39. The zero-order valence-electron chi connectivity index (χ0n) is 22.1. The molecule has 1 atom stereocenters. The predicted molar refractivity (Wildman–Crippen MR) is 149 cm³/mol. The second kappa shape index (κ2) is 11.4. The number of likely N-dealkylation sites (tertiary alicyclic amines) is 1. The van der Waals surface area contributed by atoms with Crippen molar-refractivity contribution in [2.24, 2.45) is 0 Å². The SMILES string of the molecule is Cc1ccc(C2C(=C(O)c3ccc(OCc4cccc(C)c4)cc3)C(=O)C(=O)N2CCCn2ccnc2)cc1. The zero-order valence-corrected chi connectivity index (χ0v) is 22.1. The maximum absolute atomic E-state index is 13.3. The van der Waals surface area contributed by atoms with Gasteiger partial charge >= 0.3 is 0 Å². The number of benzene rings is 3. The van der Waals surface area contributed by atoms with E-state index in [0.717, 1.165) is 22.3 Å². The molecule has 39 heavy (non-hydrogen) atoms. The van der Waals surface area contributed by atoms with E-state index in [1.54, 1.807) is 41.7 Å². The van der Waals surface area contributed by atoms with Crippen molar-refractivity contribution in [2.75, 3.05) is 6.54 Å². The lowest BCUT2D eigenvalue weighted by Gasteiger charge is -2.25. The number of hydrogen-bond acceptors (Lipinski definition) is 5. The Labute approximate surface area is 228 Å². The number of ketones is 1. The van der Waals surface area contributed by atoms with Crippen molar-refractivity contribution in [2.45, 2.75) is 39.5 Å². The molecule has 0 radical (unpaired) electrons. The Morgan fingerprint density at radius 3 is 2.41 bits per heavy atom. The van der Waals surface area contributed by atoms with Gasteiger partial charge in [-0.25, -0.2) is 4.98 Å². The Morgan fingerprint density at radius 2 is 1.72 bits per heavy atom. The molecular weight excluding hydrogens is 490 g/mol. The number of ether oxygens (including phenoxy) is 1. The number of aromatic nitrogens is 2. The topological polar surface area (TPSA) is 84.7 Å². The van der Waals surface area contributed by atoms with Gasteiger partial charge in [0, 0.05) is 31.0 Å². The Bertz CT molecular complexity index is 1490. The number of amides is 1. The molecule has 0 saturated carbocycles. The third-order valence-electron chi connectivity index (χ3n) is 6.92. The molecule has 2 heterocycles. The molecule has 0 aliphatic carbocycles. The molecule has 1 aromatic heterocycles. The molecule has 1 fully saturated rings. The first kappa shape index (κ1) is 26.0. The van der Waals surface area contributed by atoms with E-state index >= 15 is 0 Å². The lowest BCUT2D eigenvalue weighted by Crippen LogP contribution is -2.31. The van der Waals surface area contributed by atoms with Crippen LogP contribution in [0.5, 0.6) is 5.75 Å². The highest BCUT2D eigenvalue weighted by Gasteiger charge is 2.45. The lowest BCUT2D eigenvalue weighted by atomic mass is 9.94. The summed E-state index contributed by atoms with van der Waals surface area (Å²) in [5.74, 6) is -0.837. The molecule has 1 saturated heterocycles. The molecule has 7 heteroatoms. The number of carbonyl (C=O) groups is 2. The molecule has 4 aromatic rings. The minimum Gasteiger partial charge on any atom is -0.507 e. The van der Waals surface area contributed by atoms with Gasteiger partial charge in [-0.15, -0.1) is 0 Å². The van der Waals surface area contributed by atoms with Gasteiger partial charge < -0.3 is 19.3 Å². The van der Waals surface area contributed by atoms with E-state index in [2.05, 4.69) is 11.1 Å². The van der Waals surface area contributed by atoms with Crippen LogP contribution in [0, 0.1) is 13.8 Å². The second-order valence-electron chi connectivity index (χ2n) is 9.86. The molecule has 1 aliphatic rings. The number of Topliss-reactive ketones (excluding diaryl/α,β-unsaturated/α-hetero) is 1. The summed E-state index contributed by atoms with van der Waals surface area (Å²) in [7, 11) is 0. The van der Waals surface area contributed by atoms with Crippen molar-refractivity contribution in [1.82, 2.24) is 14.5 Å². The van der Waals surface area contributed by atoms with Crippen LogP contribution in [0.15, 0.2) is 97.1 Å². The highest BCUT2D eigenvalue weighted by atomic mass is 16.5. The average Bonchev–Trinajstić information content (AvgIpc) is 3.55. The summed E-state index contributed by atoms with van der Waals surface area (Å²) in [6, 6.07) is 22.1. The van der Waals surface area contributed by atoms with Crippen molar-refractivity contribution in [3.8, 4) is 5.75 Å². The Balaban J connectivity index is 1.41. The first-order valence-corrected chi connectivity index (χ1v) is 13.0. The van der Waals surface area contributed by atoms with Crippen LogP contribution in [0.4, 0.5) is 0 Å². The van der Waals surface area contributed by atoms with Crippen LogP contribution in [0.1, 0.15) is 40.3 Å². The number of carbonyl (C=O) groups excluding carboxylic acids is 2. The summed E-state index contributed by atoms with van der Waals surface area (Å²) >= 11 is 0. The molecule has 0 spiro atoms. The molecule has 0 bridgehead atoms. The van der Waals surface area contributed by atoms with E-state index in [1.165, 1.54) is 0 Å². The van der Waals surface area contributed by atoms with Crippen molar-refractivity contribution in [3.05, 3.63) is 125 Å². The fourth-order valence-corrected chi connectivity index (χ4v) is 4.88. The second-order valence-corrected chi connectivity index (χ2v) is 9.86. The van der Waals surface area contributed by atoms with E-state index in [0.29, 0.717) is 37.4 Å². The van der Waals surface area contributed by atoms with Crippen molar-refractivity contribution in [3.63, 3.8) is 0 Å². The summed E-state index contributed by atoms with van der Waals surface area (Å²) in [6.45, 7) is 5.46. The fourth-order valence-electron chi connectivity index (χ4n) is 4.88. The van der Waals surface area contributed by atoms with Gasteiger partial charge in [0.05, 0.1) is 17.9 Å². The third-order valence-corrected chi connectivity index (χ3v) is 6.92. The van der Waals surface area contributed by atoms with E-state index in [-0.39, 0.29) is 11.3 Å². The highest BCUT2D eigenvalue weighted by molar-refractivity contribution is 6.46. The molecule has 5 rings (SSSR count). The summed E-state index contributed by atoms with van der Waals surface area (Å²) in [5, 5.41) is 11.3. The van der Waals surface area contributed by atoms with E-state index in [4.69, 9.17) is 4.74 Å². The van der Waals surface area contributed by atoms with Gasteiger partial charge in [0.25, 0.3) is 11.7 Å². The van der Waals surface area contributed by atoms with Gasteiger partial charge in [0.15, 0.2) is 0 Å². The molecule has 1 N–H and O–H groups in total. The number of rotatable bonds is 9. The van der Waals surface area contributed by atoms with Crippen molar-refractivity contribution >= 4 is 17.4 Å². The number of imidazole rings is 1. The first-order chi connectivity index (χ1) is 18.9. The monoisotopic (exact) mass is 521 g/mol. The van der Waals surface area contributed by atoms with Crippen LogP contribution >= 0.6 is 0 Å². The summed E-state index contributed by atoms with van der Waals surface area (Å²) in [6.07, 6.45) is 5.93. The number of aliphatic hydroxyl groups is 1. The van der Waals surface area contributed by atoms with Gasteiger partial charge in [-0.1, -0.05) is 59.7 Å². The fraction of sp³-hybridized carbons (Fsp3) is 0.219. The van der Waals surface area contributed by atoms with Gasteiger partial charge in [-0.05, 0) is 55.7 Å². The smallest absolute Gasteiger partial charge is 0.295 e. The number of aliphatic hydroxyl groups excluding tert-OH is 1. The van der Waals surface area contributed by atoms with Crippen LogP contribution in [-0.2, 0) is 22.7 Å². The summed E-state index contributed by atoms with van der Waals surface area (Å²) in [4.78, 5) is 32.1. The predicted octanol–water partition coefficient (Wildman–Crippen LogP) is 5.59. The Hall–Kier alpha value is -4.65. The number of hydrogen-bond donors (Lipinski definition) is 1. The third kappa shape index (κ3) is 5.77. The van der Waals surface area contributed by atoms with Crippen molar-refractivity contribution in [1.29, 1.82) is 0 Å². The maximum Gasteiger partial charge on any atom is 0.295 e. The van der Waals surface area contributed by atoms with Gasteiger partial charge in [-0.2, -0.15) is 0 Å². The molecule has 1 aliphatic heterocycles. The van der Waals surface area contributed by atoms with Gasteiger partial charge in [0.2, 0.25) is 0 Å². The molecule has 198 valence electrons. The van der Waals surface area contributed by atoms with Crippen molar-refractivity contribution < 1.29 is 19.4 Å².